The van der Waals surface area contributed by atoms with Gasteiger partial charge in [-0.1, -0.05) is 79.7 Å². The molecule has 4 aliphatic heterocycles. The molecule has 7 heterocycles. The van der Waals surface area contributed by atoms with Crippen molar-refractivity contribution >= 4 is 16.9 Å². The van der Waals surface area contributed by atoms with Crippen molar-refractivity contribution in [2.45, 2.75) is 84.1 Å². The first-order chi connectivity index (χ1) is 23.8. The van der Waals surface area contributed by atoms with Gasteiger partial charge in [0, 0.05) is 59.1 Å². The van der Waals surface area contributed by atoms with Crippen LogP contribution in [0.1, 0.15) is 101 Å². The topological polar surface area (TPSA) is 45.7 Å². The lowest BCUT2D eigenvalue weighted by Gasteiger charge is -2.39. The van der Waals surface area contributed by atoms with Gasteiger partial charge in [-0.25, -0.2) is 0 Å². The highest BCUT2D eigenvalue weighted by molar-refractivity contribution is 7.50. The van der Waals surface area contributed by atoms with E-state index in [0.29, 0.717) is 0 Å². The van der Waals surface area contributed by atoms with Crippen LogP contribution in [0.25, 0.3) is 0 Å². The van der Waals surface area contributed by atoms with Crippen LogP contribution in [-0.2, 0) is 22.7 Å². The molecule has 50 heavy (non-hydrogen) atoms. The van der Waals surface area contributed by atoms with Crippen molar-refractivity contribution in [1.82, 2.24) is 17.7 Å². The van der Waals surface area contributed by atoms with Gasteiger partial charge in [0.15, 0.2) is 23.0 Å². The average Bonchev–Trinajstić information content (AvgIpc) is 3.87. The van der Waals surface area contributed by atoms with Crippen molar-refractivity contribution in [3.05, 3.63) is 143 Å². The monoisotopic (exact) mass is 702 g/mol. The maximum absolute atomic E-state index is 7.23. The molecule has 0 bridgehead atoms. The summed E-state index contributed by atoms with van der Waals surface area (Å²) in [5.74, 6) is 3.04. The lowest BCUT2D eigenvalue weighted by atomic mass is 9.72. The molecule has 2 unspecified atom stereocenters. The van der Waals surface area contributed by atoms with Crippen LogP contribution >= 0.6 is 16.9 Å². The lowest BCUT2D eigenvalue weighted by Crippen LogP contribution is -2.28. The van der Waals surface area contributed by atoms with E-state index >= 15 is 0 Å². The number of hydrogen-bond acceptors (Lipinski definition) is 4. The van der Waals surface area contributed by atoms with E-state index in [-0.39, 0.29) is 16.9 Å². The van der Waals surface area contributed by atoms with Gasteiger partial charge in [-0.3, -0.25) is 17.7 Å². The number of fused-ring (bicyclic) bond motifs is 7. The Balaban J connectivity index is 1.21. The molecule has 0 spiro atoms. The smallest absolute Gasteiger partial charge is 0.318 e. The van der Waals surface area contributed by atoms with Crippen LogP contribution in [0.15, 0.2) is 104 Å². The third-order valence-corrected chi connectivity index (χ3v) is 14.2. The molecule has 0 N–H and O–H groups in total. The van der Waals surface area contributed by atoms with Gasteiger partial charge in [0.2, 0.25) is 0 Å². The van der Waals surface area contributed by atoms with Crippen LogP contribution in [0.2, 0.25) is 0 Å². The van der Waals surface area contributed by atoms with E-state index in [2.05, 4.69) is 177 Å². The second kappa shape index (κ2) is 10.9. The minimum absolute atomic E-state index is 0.102. The molecule has 9 rings (SSSR count). The molecule has 0 fully saturated rings. The Kier molecular flexibility index (Phi) is 6.93. The Morgan fingerprint density at radius 2 is 1.24 bits per heavy atom. The molecule has 3 aromatic heterocycles. The van der Waals surface area contributed by atoms with Gasteiger partial charge in [-0.15, -0.1) is 0 Å². The van der Waals surface area contributed by atoms with Gasteiger partial charge in [-0.2, -0.15) is 0 Å². The first kappa shape index (κ1) is 31.8. The number of ether oxygens (including phenoxy) is 1. The van der Waals surface area contributed by atoms with E-state index in [1.807, 2.05) is 0 Å². The number of benzene rings is 2. The molecule has 5 aromatic rings. The van der Waals surface area contributed by atoms with Crippen LogP contribution in [0.3, 0.4) is 0 Å². The van der Waals surface area contributed by atoms with Gasteiger partial charge in [0.05, 0.1) is 11.7 Å². The summed E-state index contributed by atoms with van der Waals surface area (Å²) in [4.78, 5) is 0. The fourth-order valence-corrected chi connectivity index (χ4v) is 11.1. The average molecular weight is 703 g/mol. The minimum atomic E-state index is -1.24. The Labute approximate surface area is 297 Å². The van der Waals surface area contributed by atoms with Crippen LogP contribution in [-0.4, -0.2) is 17.7 Å². The van der Waals surface area contributed by atoms with Crippen molar-refractivity contribution in [2.75, 3.05) is 0 Å². The molecule has 2 atom stereocenters. The van der Waals surface area contributed by atoms with E-state index in [9.17, 15) is 0 Å². The maximum atomic E-state index is 7.23. The van der Waals surface area contributed by atoms with Crippen molar-refractivity contribution in [3.8, 4) is 23.0 Å². The first-order valence-electron chi connectivity index (χ1n) is 17.4. The molecule has 0 saturated carbocycles. The second-order valence-electron chi connectivity index (χ2n) is 16.3. The third kappa shape index (κ3) is 4.84. The van der Waals surface area contributed by atoms with E-state index in [1.54, 1.807) is 0 Å². The number of rotatable bonds is 4. The number of allylic oxidation sites excluding steroid dienone is 2. The zero-order chi connectivity index (χ0) is 34.7. The first-order valence-corrected chi connectivity index (χ1v) is 19.8. The number of nitrogens with zero attached hydrogens (tertiary/aromatic N) is 4. The molecule has 0 aliphatic carbocycles. The van der Waals surface area contributed by atoms with Crippen molar-refractivity contribution in [2.24, 2.45) is 0 Å². The molecule has 4 aliphatic rings. The van der Waals surface area contributed by atoms with Crippen molar-refractivity contribution in [3.63, 3.8) is 0 Å². The van der Waals surface area contributed by atoms with Gasteiger partial charge < -0.3 is 13.8 Å². The Morgan fingerprint density at radius 1 is 0.700 bits per heavy atom. The quantitative estimate of drug-likeness (QED) is 0.175. The highest BCUT2D eigenvalue weighted by Crippen LogP contribution is 2.62. The summed E-state index contributed by atoms with van der Waals surface area (Å²) in [6, 6.07) is 22.2. The third-order valence-electron chi connectivity index (χ3n) is 10.5. The standard InChI is InChI=1S/C41H44N4O3P2/c1-39(2,3)27-22-31-37(35(24-27)47-49-42-19-11-14-29(42)26-30-15-12-20-43(30)49)46-38-32(41(31,7)8)23-28(40(4,5)6)25-36(38)48-50-44-18-10-9-16-33(44)34-17-13-21-45(34)50/h9-25,33H,26H2,1-8H3. The largest absolute Gasteiger partial charge is 0.449 e. The Morgan fingerprint density at radius 3 is 1.82 bits per heavy atom. The number of aromatic nitrogens is 3. The van der Waals surface area contributed by atoms with Crippen molar-refractivity contribution < 1.29 is 13.8 Å². The Hall–Kier alpha value is -4.18. The lowest BCUT2D eigenvalue weighted by molar-refractivity contribution is 0.378. The highest BCUT2D eigenvalue weighted by atomic mass is 31.2. The fraction of sp³-hybridized carbons (Fsp3) is 0.317. The zero-order valence-electron chi connectivity index (χ0n) is 30.0. The van der Waals surface area contributed by atoms with Crippen molar-refractivity contribution in [1.29, 1.82) is 0 Å². The SMILES string of the molecule is CC(C)(C)c1cc(OP2N3C=CC=CC3c3cccn32)c2c(c1)C(C)(C)c1cc(C(C)(C)C)cc(OP3n4cccc4Cc4cccn43)c1O2. The van der Waals surface area contributed by atoms with Crippen LogP contribution < -0.4 is 13.8 Å². The molecular formula is C41H44N4O3P2. The summed E-state index contributed by atoms with van der Waals surface area (Å²) in [7, 11) is -2.45. The summed E-state index contributed by atoms with van der Waals surface area (Å²) < 4.78 is 30.8. The minimum Gasteiger partial charge on any atom is -0.449 e. The molecule has 256 valence electrons. The van der Waals surface area contributed by atoms with Gasteiger partial charge in [0.25, 0.3) is 0 Å². The van der Waals surface area contributed by atoms with E-state index < -0.39 is 22.3 Å². The molecule has 0 amide bonds. The van der Waals surface area contributed by atoms with E-state index in [4.69, 9.17) is 13.8 Å². The normalized spacial score (nSPS) is 20.0. The van der Waals surface area contributed by atoms with E-state index in [1.165, 1.54) is 28.2 Å². The summed E-state index contributed by atoms with van der Waals surface area (Å²) >= 11 is 0. The van der Waals surface area contributed by atoms with Gasteiger partial charge >= 0.3 is 16.9 Å². The molecular weight excluding hydrogens is 658 g/mol. The summed E-state index contributed by atoms with van der Waals surface area (Å²) in [5, 5.41) is 0. The van der Waals surface area contributed by atoms with Crippen LogP contribution in [0, 0.1) is 0 Å². The Bertz CT molecular complexity index is 2180. The van der Waals surface area contributed by atoms with Gasteiger partial charge in [0.1, 0.15) is 0 Å². The number of hydrogen-bond donors (Lipinski definition) is 0. The summed E-state index contributed by atoms with van der Waals surface area (Å²) in [5.41, 5.74) is 7.81. The van der Waals surface area contributed by atoms with E-state index in [0.717, 1.165) is 40.5 Å². The predicted octanol–water partition coefficient (Wildman–Crippen LogP) is 11.3. The second-order valence-corrected chi connectivity index (χ2v) is 19.4. The fourth-order valence-electron chi connectivity index (χ4n) is 7.44. The summed E-state index contributed by atoms with van der Waals surface area (Å²) in [6.45, 7) is 18.2. The molecule has 0 saturated heterocycles. The molecule has 2 aromatic carbocycles. The van der Waals surface area contributed by atoms with Crippen LogP contribution in [0.5, 0.6) is 23.0 Å². The highest BCUT2D eigenvalue weighted by Gasteiger charge is 2.44. The molecule has 7 nitrogen and oxygen atoms in total. The van der Waals surface area contributed by atoms with Gasteiger partial charge in [-0.05, 0) is 76.6 Å². The molecule has 9 heteroatoms. The zero-order valence-corrected chi connectivity index (χ0v) is 31.8. The summed E-state index contributed by atoms with van der Waals surface area (Å²) in [6.07, 6.45) is 15.9. The maximum Gasteiger partial charge on any atom is 0.318 e. The predicted molar refractivity (Wildman–Crippen MR) is 203 cm³/mol. The van der Waals surface area contributed by atoms with Crippen LogP contribution in [0.4, 0.5) is 0 Å². The molecule has 0 radical (unpaired) electrons.